The monoisotopic (exact) mass is 586 g/mol. The van der Waals surface area contributed by atoms with Crippen LogP contribution in [-0.4, -0.2) is 14.2 Å². The van der Waals surface area contributed by atoms with E-state index in [-0.39, 0.29) is 0 Å². The molecule has 3 aromatic carbocycles. The Labute approximate surface area is 260 Å². The summed E-state index contributed by atoms with van der Waals surface area (Å²) in [6, 6.07) is 27.6. The largest absolute Gasteiger partial charge is 0.496 e. The molecule has 0 radical (unpaired) electrons. The number of hydrogen-bond acceptors (Lipinski definition) is 5. The van der Waals surface area contributed by atoms with Crippen molar-refractivity contribution in [1.82, 2.24) is 0 Å². The average Bonchev–Trinajstić information content (AvgIpc) is 3.47. The third-order valence-electron chi connectivity index (χ3n) is 7.56. The van der Waals surface area contributed by atoms with E-state index in [1.54, 1.807) is 39.4 Å². The van der Waals surface area contributed by atoms with Crippen molar-refractivity contribution >= 4 is 28.6 Å². The van der Waals surface area contributed by atoms with E-state index in [0.717, 1.165) is 12.0 Å². The Morgan fingerprint density at radius 2 is 1.40 bits per heavy atom. The SMILES string of the molecule is C/C=C(\C#N)c1cc(OC)c(/C(C#N)=C/c2ccc(-c3sc(-c4ccc(C)cc4)cc3CCCCCC)cc2)cc1OC. The number of unbranched alkanes of at least 4 members (excludes halogenated alkanes) is 3. The number of thiophene rings is 1. The molecule has 0 aliphatic heterocycles. The van der Waals surface area contributed by atoms with Crippen molar-refractivity contribution in [1.29, 1.82) is 10.5 Å². The molecular weight excluding hydrogens is 548 g/mol. The van der Waals surface area contributed by atoms with Crippen molar-refractivity contribution in [3.05, 3.63) is 101 Å². The highest BCUT2D eigenvalue weighted by atomic mass is 32.1. The van der Waals surface area contributed by atoms with Crippen molar-refractivity contribution < 1.29 is 9.47 Å². The predicted molar refractivity (Wildman–Crippen MR) is 180 cm³/mol. The maximum atomic E-state index is 10.1. The summed E-state index contributed by atoms with van der Waals surface area (Å²) < 4.78 is 11.2. The molecule has 0 aliphatic carbocycles. The number of nitrogens with zero attached hydrogens (tertiary/aromatic N) is 2. The fraction of sp³-hybridized carbons (Fsp3) is 0.263. The third kappa shape index (κ3) is 7.44. The minimum absolute atomic E-state index is 0.447. The molecule has 5 heteroatoms. The van der Waals surface area contributed by atoms with Gasteiger partial charge in [0.25, 0.3) is 0 Å². The van der Waals surface area contributed by atoms with Crippen LogP contribution in [0.4, 0.5) is 0 Å². The first-order valence-electron chi connectivity index (χ1n) is 14.7. The highest BCUT2D eigenvalue weighted by Crippen LogP contribution is 2.40. The smallest absolute Gasteiger partial charge is 0.128 e. The molecule has 218 valence electrons. The maximum Gasteiger partial charge on any atom is 0.128 e. The highest BCUT2D eigenvalue weighted by Gasteiger charge is 2.18. The normalized spacial score (nSPS) is 11.6. The van der Waals surface area contributed by atoms with Gasteiger partial charge in [0.1, 0.15) is 11.5 Å². The summed E-state index contributed by atoms with van der Waals surface area (Å²) in [6.45, 7) is 6.17. The van der Waals surface area contributed by atoms with E-state index >= 15 is 0 Å². The molecule has 0 saturated heterocycles. The van der Waals surface area contributed by atoms with Crippen LogP contribution in [0.1, 0.15) is 67.3 Å². The number of aryl methyl sites for hydroxylation is 2. The molecular formula is C38H38N2O2S. The highest BCUT2D eigenvalue weighted by molar-refractivity contribution is 7.19. The second kappa shape index (κ2) is 15.1. The molecule has 0 saturated carbocycles. The Morgan fingerprint density at radius 3 is 1.95 bits per heavy atom. The number of rotatable bonds is 12. The Balaban J connectivity index is 1.69. The lowest BCUT2D eigenvalue weighted by molar-refractivity contribution is 0.401. The molecule has 4 nitrogen and oxygen atoms in total. The summed E-state index contributed by atoms with van der Waals surface area (Å²) >= 11 is 1.85. The molecule has 0 amide bonds. The zero-order valence-corrected chi connectivity index (χ0v) is 26.5. The van der Waals surface area contributed by atoms with Crippen LogP contribution in [0.25, 0.3) is 38.1 Å². The van der Waals surface area contributed by atoms with Gasteiger partial charge in [-0.1, -0.05) is 86.4 Å². The molecule has 0 bridgehead atoms. The summed E-state index contributed by atoms with van der Waals surface area (Å²) in [4.78, 5) is 2.60. The molecule has 0 unspecified atom stereocenters. The fourth-order valence-electron chi connectivity index (χ4n) is 5.13. The summed E-state index contributed by atoms with van der Waals surface area (Å²) in [7, 11) is 3.12. The van der Waals surface area contributed by atoms with Gasteiger partial charge in [-0.25, -0.2) is 0 Å². The van der Waals surface area contributed by atoms with E-state index < -0.39 is 0 Å². The standard InChI is InChI=1S/C38H38N2O2S/c1-6-8-9-10-11-31-21-37(29-16-12-26(3)13-17-29)43-38(31)30-18-14-27(15-19-30)20-32(25-40)34-23-35(41-4)33(22-36(34)42-5)28(7-2)24-39/h7,12-23H,6,8-11H2,1-5H3/b28-7+,32-20+. The molecule has 0 spiro atoms. The van der Waals surface area contributed by atoms with Crippen LogP contribution in [0.3, 0.4) is 0 Å². The minimum atomic E-state index is 0.447. The van der Waals surface area contributed by atoms with Gasteiger partial charge in [0, 0.05) is 20.9 Å². The van der Waals surface area contributed by atoms with Gasteiger partial charge in [0.05, 0.1) is 37.5 Å². The molecule has 1 heterocycles. The van der Waals surface area contributed by atoms with Crippen LogP contribution < -0.4 is 9.47 Å². The van der Waals surface area contributed by atoms with Gasteiger partial charge in [-0.2, -0.15) is 10.5 Å². The molecule has 4 aromatic rings. The number of ether oxygens (including phenoxy) is 2. The van der Waals surface area contributed by atoms with Crippen LogP contribution in [0.5, 0.6) is 11.5 Å². The zero-order chi connectivity index (χ0) is 30.8. The van der Waals surface area contributed by atoms with Gasteiger partial charge in [0.15, 0.2) is 0 Å². The second-order valence-electron chi connectivity index (χ2n) is 10.5. The molecule has 0 fully saturated rings. The average molecular weight is 587 g/mol. The lowest BCUT2D eigenvalue weighted by Crippen LogP contribution is -1.97. The van der Waals surface area contributed by atoms with Gasteiger partial charge in [-0.15, -0.1) is 11.3 Å². The van der Waals surface area contributed by atoms with Crippen molar-refractivity contribution in [3.8, 4) is 44.5 Å². The number of benzene rings is 3. The minimum Gasteiger partial charge on any atom is -0.496 e. The van der Waals surface area contributed by atoms with E-state index in [1.807, 2.05) is 17.4 Å². The van der Waals surface area contributed by atoms with Gasteiger partial charge < -0.3 is 9.47 Å². The van der Waals surface area contributed by atoms with E-state index in [0.29, 0.717) is 33.8 Å². The predicted octanol–water partition coefficient (Wildman–Crippen LogP) is 10.5. The first-order chi connectivity index (χ1) is 21.0. The van der Waals surface area contributed by atoms with Gasteiger partial charge in [0.2, 0.25) is 0 Å². The summed E-state index contributed by atoms with van der Waals surface area (Å²) in [6.07, 6.45) is 9.58. The van der Waals surface area contributed by atoms with Crippen LogP contribution >= 0.6 is 11.3 Å². The zero-order valence-electron chi connectivity index (χ0n) is 25.7. The van der Waals surface area contributed by atoms with E-state index in [9.17, 15) is 10.5 Å². The Morgan fingerprint density at radius 1 is 0.791 bits per heavy atom. The number of nitriles is 2. The Hall–Kier alpha value is -4.58. The van der Waals surface area contributed by atoms with Crippen LogP contribution in [0.15, 0.2) is 72.8 Å². The maximum absolute atomic E-state index is 10.1. The van der Waals surface area contributed by atoms with Crippen molar-refractivity contribution in [2.24, 2.45) is 0 Å². The molecule has 0 aliphatic rings. The van der Waals surface area contributed by atoms with Crippen LogP contribution in [0.2, 0.25) is 0 Å². The first-order valence-corrected chi connectivity index (χ1v) is 15.5. The molecule has 4 rings (SSSR count). The van der Waals surface area contributed by atoms with Crippen LogP contribution in [0, 0.1) is 29.6 Å². The van der Waals surface area contributed by atoms with E-state index in [2.05, 4.69) is 80.6 Å². The summed E-state index contributed by atoms with van der Waals surface area (Å²) in [5.41, 5.74) is 8.16. The lowest BCUT2D eigenvalue weighted by atomic mass is 9.97. The van der Waals surface area contributed by atoms with Crippen molar-refractivity contribution in [2.75, 3.05) is 14.2 Å². The van der Waals surface area contributed by atoms with E-state index in [1.165, 1.54) is 57.7 Å². The second-order valence-corrected chi connectivity index (χ2v) is 11.6. The summed E-state index contributed by atoms with van der Waals surface area (Å²) in [5, 5.41) is 19.7. The molecule has 0 N–H and O–H groups in total. The first kappa shape index (κ1) is 31.4. The Bertz CT molecular complexity index is 1700. The third-order valence-corrected chi connectivity index (χ3v) is 8.84. The fourth-order valence-corrected chi connectivity index (χ4v) is 6.35. The Kier molecular flexibility index (Phi) is 11.0. The van der Waals surface area contributed by atoms with Crippen molar-refractivity contribution in [3.63, 3.8) is 0 Å². The van der Waals surface area contributed by atoms with Gasteiger partial charge >= 0.3 is 0 Å². The molecule has 0 atom stereocenters. The summed E-state index contributed by atoms with van der Waals surface area (Å²) in [5.74, 6) is 1.01. The van der Waals surface area contributed by atoms with Gasteiger partial charge in [-0.05, 0) is 73.2 Å². The molecule has 43 heavy (non-hydrogen) atoms. The van der Waals surface area contributed by atoms with Gasteiger partial charge in [-0.3, -0.25) is 0 Å². The number of hydrogen-bond donors (Lipinski definition) is 0. The van der Waals surface area contributed by atoms with Crippen molar-refractivity contribution in [2.45, 2.75) is 52.9 Å². The molecule has 1 aromatic heterocycles. The van der Waals surface area contributed by atoms with Crippen LogP contribution in [-0.2, 0) is 6.42 Å². The topological polar surface area (TPSA) is 66.0 Å². The number of methoxy groups -OCH3 is 2. The van der Waals surface area contributed by atoms with E-state index in [4.69, 9.17) is 9.47 Å². The number of allylic oxidation sites excluding steroid dienone is 3. The quantitative estimate of drug-likeness (QED) is 0.0941. The lowest BCUT2D eigenvalue weighted by Gasteiger charge is -2.14.